The van der Waals surface area contributed by atoms with E-state index < -0.39 is 18.0 Å². The van der Waals surface area contributed by atoms with Crippen molar-refractivity contribution >= 4 is 11.8 Å². The summed E-state index contributed by atoms with van der Waals surface area (Å²) in [5.74, 6) is -0.391. The van der Waals surface area contributed by atoms with E-state index in [1.165, 1.54) is 0 Å². The Balaban J connectivity index is 2.05. The van der Waals surface area contributed by atoms with E-state index in [4.69, 9.17) is 15.2 Å². The van der Waals surface area contributed by atoms with Crippen LogP contribution in [0.1, 0.15) is 44.6 Å². The molecular formula is C22H35N3O4. The van der Waals surface area contributed by atoms with Gasteiger partial charge < -0.3 is 20.1 Å². The lowest BCUT2D eigenvalue weighted by Gasteiger charge is -2.35. The fraction of sp³-hybridized carbons (Fsp3) is 0.636. The molecule has 0 aliphatic carbocycles. The van der Waals surface area contributed by atoms with Crippen LogP contribution in [0.4, 0.5) is 0 Å². The average Bonchev–Trinajstić information content (AvgIpc) is 2.74. The maximum Gasteiger partial charge on any atom is 0.240 e. The summed E-state index contributed by atoms with van der Waals surface area (Å²) in [6.07, 6.45) is 4.69. The average molecular weight is 406 g/mol. The summed E-state index contributed by atoms with van der Waals surface area (Å²) < 4.78 is 10.6. The van der Waals surface area contributed by atoms with E-state index >= 15 is 0 Å². The molecule has 1 fully saturated rings. The van der Waals surface area contributed by atoms with E-state index in [0.29, 0.717) is 25.9 Å². The molecule has 0 spiro atoms. The fourth-order valence-electron chi connectivity index (χ4n) is 3.65. The summed E-state index contributed by atoms with van der Waals surface area (Å²) in [5, 5.41) is 3.26. The van der Waals surface area contributed by atoms with Gasteiger partial charge in [-0.25, -0.2) is 0 Å². The largest absolute Gasteiger partial charge is 0.368 e. The van der Waals surface area contributed by atoms with Crippen molar-refractivity contribution in [3.8, 4) is 0 Å². The number of unbranched alkanes of at least 4 members (excludes halogenated alkanes) is 1. The first kappa shape index (κ1) is 23.3. The zero-order chi connectivity index (χ0) is 21.1. The predicted octanol–water partition coefficient (Wildman–Crippen LogP) is 1.84. The number of piperidine rings is 1. The highest BCUT2D eigenvalue weighted by Gasteiger charge is 2.31. The molecule has 2 atom stereocenters. The Kier molecular flexibility index (Phi) is 10.1. The number of nitrogens with one attached hydrogen (secondary N) is 1. The molecule has 1 saturated heterocycles. The first-order valence-corrected chi connectivity index (χ1v) is 10.5. The number of nitrogens with zero attached hydrogens (tertiary/aromatic N) is 1. The third-order valence-corrected chi connectivity index (χ3v) is 5.35. The molecule has 3 N–H and O–H groups in total. The molecule has 2 rings (SSSR count). The molecule has 0 saturated carbocycles. The number of ether oxygens (including phenoxy) is 2. The van der Waals surface area contributed by atoms with Crippen molar-refractivity contribution in [3.63, 3.8) is 0 Å². The second-order valence-electron chi connectivity index (χ2n) is 7.60. The number of hydrogen-bond donors (Lipinski definition) is 2. The highest BCUT2D eigenvalue weighted by atomic mass is 16.7. The van der Waals surface area contributed by atoms with Gasteiger partial charge in [-0.2, -0.15) is 0 Å². The second-order valence-corrected chi connectivity index (χ2v) is 7.60. The third kappa shape index (κ3) is 7.76. The highest BCUT2D eigenvalue weighted by molar-refractivity contribution is 5.85. The Hall–Kier alpha value is -1.96. The lowest BCUT2D eigenvalue weighted by molar-refractivity contribution is -0.138. The molecule has 29 heavy (non-hydrogen) atoms. The molecular weight excluding hydrogens is 370 g/mol. The van der Waals surface area contributed by atoms with E-state index in [1.807, 2.05) is 35.2 Å². The van der Waals surface area contributed by atoms with Crippen LogP contribution in [0.25, 0.3) is 0 Å². The molecule has 1 aromatic carbocycles. The van der Waals surface area contributed by atoms with Gasteiger partial charge in [0.2, 0.25) is 11.8 Å². The van der Waals surface area contributed by atoms with Crippen molar-refractivity contribution in [2.24, 2.45) is 5.73 Å². The van der Waals surface area contributed by atoms with Gasteiger partial charge in [0, 0.05) is 20.2 Å². The lowest BCUT2D eigenvalue weighted by Crippen LogP contribution is -2.55. The number of carbonyl (C=O) groups is 2. The Morgan fingerprint density at radius 3 is 2.48 bits per heavy atom. The second kappa shape index (κ2) is 12.6. The van der Waals surface area contributed by atoms with Gasteiger partial charge in [-0.1, -0.05) is 50.1 Å². The van der Waals surface area contributed by atoms with Crippen LogP contribution >= 0.6 is 0 Å². The number of benzene rings is 1. The smallest absolute Gasteiger partial charge is 0.240 e. The molecule has 0 bridgehead atoms. The van der Waals surface area contributed by atoms with Crippen molar-refractivity contribution in [3.05, 3.63) is 35.9 Å². The zero-order valence-corrected chi connectivity index (χ0v) is 17.6. The zero-order valence-electron chi connectivity index (χ0n) is 17.6. The summed E-state index contributed by atoms with van der Waals surface area (Å²) in [5.41, 5.74) is 6.66. The van der Waals surface area contributed by atoms with Crippen molar-refractivity contribution in [2.75, 3.05) is 27.0 Å². The summed E-state index contributed by atoms with van der Waals surface area (Å²) in [6, 6.07) is 8.87. The number of carbonyl (C=O) groups excluding carboxylic acids is 2. The molecule has 2 amide bonds. The van der Waals surface area contributed by atoms with Gasteiger partial charge in [-0.3, -0.25) is 14.9 Å². The fourth-order valence-corrected chi connectivity index (χ4v) is 3.65. The SMILES string of the molecule is CCCC[C@H](N[C@@H](Cc1ccccc1)C(=O)N1CCC(OCOC)CC1)C(N)=O. The van der Waals surface area contributed by atoms with Crippen molar-refractivity contribution in [2.45, 2.75) is 63.6 Å². The monoisotopic (exact) mass is 405 g/mol. The van der Waals surface area contributed by atoms with E-state index in [1.54, 1.807) is 7.11 Å². The van der Waals surface area contributed by atoms with Gasteiger partial charge >= 0.3 is 0 Å². The van der Waals surface area contributed by atoms with Crippen LogP contribution in [-0.2, 0) is 25.5 Å². The van der Waals surface area contributed by atoms with E-state index in [-0.39, 0.29) is 18.8 Å². The van der Waals surface area contributed by atoms with E-state index in [2.05, 4.69) is 12.2 Å². The Bertz CT molecular complexity index is 618. The van der Waals surface area contributed by atoms with Crippen LogP contribution in [0.15, 0.2) is 30.3 Å². The number of rotatable bonds is 12. The molecule has 7 heteroatoms. The predicted molar refractivity (Wildman–Crippen MR) is 112 cm³/mol. The molecule has 0 radical (unpaired) electrons. The summed E-state index contributed by atoms with van der Waals surface area (Å²) in [6.45, 7) is 3.61. The van der Waals surface area contributed by atoms with Crippen LogP contribution < -0.4 is 11.1 Å². The normalized spacial score (nSPS) is 17.1. The minimum atomic E-state index is -0.504. The van der Waals surface area contributed by atoms with Crippen LogP contribution in [-0.4, -0.2) is 61.9 Å². The highest BCUT2D eigenvalue weighted by Crippen LogP contribution is 2.17. The Labute approximate surface area is 173 Å². The summed E-state index contributed by atoms with van der Waals surface area (Å²) in [4.78, 5) is 27.1. The molecule has 1 aliphatic heterocycles. The number of primary amides is 1. The van der Waals surface area contributed by atoms with Gasteiger partial charge in [-0.15, -0.1) is 0 Å². The van der Waals surface area contributed by atoms with Crippen LogP contribution in [0.2, 0.25) is 0 Å². The van der Waals surface area contributed by atoms with Crippen molar-refractivity contribution < 1.29 is 19.1 Å². The summed E-state index contributed by atoms with van der Waals surface area (Å²) in [7, 11) is 1.60. The number of amides is 2. The number of methoxy groups -OCH3 is 1. The van der Waals surface area contributed by atoms with E-state index in [9.17, 15) is 9.59 Å². The van der Waals surface area contributed by atoms with Crippen LogP contribution in [0.5, 0.6) is 0 Å². The maximum atomic E-state index is 13.3. The lowest BCUT2D eigenvalue weighted by atomic mass is 10.00. The van der Waals surface area contributed by atoms with Gasteiger partial charge in [0.25, 0.3) is 0 Å². The topological polar surface area (TPSA) is 93.9 Å². The minimum absolute atomic E-state index is 0.0155. The minimum Gasteiger partial charge on any atom is -0.368 e. The Morgan fingerprint density at radius 2 is 1.90 bits per heavy atom. The number of likely N-dealkylation sites (tertiary alicyclic amines) is 1. The molecule has 0 aromatic heterocycles. The third-order valence-electron chi connectivity index (χ3n) is 5.35. The number of hydrogen-bond acceptors (Lipinski definition) is 5. The molecule has 1 heterocycles. The quantitative estimate of drug-likeness (QED) is 0.518. The molecule has 1 aliphatic rings. The van der Waals surface area contributed by atoms with Gasteiger partial charge in [-0.05, 0) is 31.2 Å². The van der Waals surface area contributed by atoms with Crippen molar-refractivity contribution in [1.29, 1.82) is 0 Å². The first-order chi connectivity index (χ1) is 14.0. The first-order valence-electron chi connectivity index (χ1n) is 10.5. The van der Waals surface area contributed by atoms with E-state index in [0.717, 1.165) is 31.2 Å². The van der Waals surface area contributed by atoms with Crippen LogP contribution in [0.3, 0.4) is 0 Å². The molecule has 0 unspecified atom stereocenters. The van der Waals surface area contributed by atoms with Gasteiger partial charge in [0.1, 0.15) is 6.79 Å². The molecule has 1 aromatic rings. The van der Waals surface area contributed by atoms with Gasteiger partial charge in [0.15, 0.2) is 0 Å². The van der Waals surface area contributed by atoms with Crippen LogP contribution in [0, 0.1) is 0 Å². The Morgan fingerprint density at radius 1 is 1.21 bits per heavy atom. The number of nitrogens with two attached hydrogens (primary N) is 1. The van der Waals surface area contributed by atoms with Gasteiger partial charge in [0.05, 0.1) is 18.2 Å². The summed E-state index contributed by atoms with van der Waals surface area (Å²) >= 11 is 0. The molecule has 7 nitrogen and oxygen atoms in total. The standard InChI is InChI=1S/C22H35N3O4/c1-3-4-10-19(21(23)26)24-20(15-17-8-6-5-7-9-17)22(27)25-13-11-18(12-14-25)29-16-28-2/h5-9,18-20,24H,3-4,10-16H2,1-2H3,(H2,23,26)/t19-,20-/m0/s1. The van der Waals surface area contributed by atoms with Crippen molar-refractivity contribution in [1.82, 2.24) is 10.2 Å². The maximum absolute atomic E-state index is 13.3. The molecule has 162 valence electrons.